The van der Waals surface area contributed by atoms with Crippen LogP contribution in [0.2, 0.25) is 5.02 Å². The highest BCUT2D eigenvalue weighted by Crippen LogP contribution is 2.22. The number of nitrogens with one attached hydrogen (secondary N) is 1. The predicted octanol–water partition coefficient (Wildman–Crippen LogP) is 5.61. The minimum absolute atomic E-state index is 0.00466. The Labute approximate surface area is 177 Å². The van der Waals surface area contributed by atoms with Gasteiger partial charge in [-0.2, -0.15) is 0 Å². The van der Waals surface area contributed by atoms with Crippen LogP contribution in [0.25, 0.3) is 6.08 Å². The minimum atomic E-state index is -0.576. The molecular formula is C24H28ClNO3. The summed E-state index contributed by atoms with van der Waals surface area (Å²) in [6, 6.07) is 14.3. The molecule has 0 saturated heterocycles. The lowest BCUT2D eigenvalue weighted by atomic mass is 9.87. The van der Waals surface area contributed by atoms with Crippen molar-refractivity contribution in [1.82, 2.24) is 5.32 Å². The third kappa shape index (κ3) is 7.06. The summed E-state index contributed by atoms with van der Waals surface area (Å²) >= 11 is 5.92. The van der Waals surface area contributed by atoms with E-state index in [0.29, 0.717) is 10.6 Å². The van der Waals surface area contributed by atoms with Gasteiger partial charge in [0.2, 0.25) is 0 Å². The molecule has 0 aliphatic carbocycles. The summed E-state index contributed by atoms with van der Waals surface area (Å²) in [4.78, 5) is 25.3. The number of halogens is 1. The van der Waals surface area contributed by atoms with Gasteiger partial charge in [-0.25, -0.2) is 4.79 Å². The molecule has 0 unspecified atom stereocenters. The molecular weight excluding hydrogens is 386 g/mol. The van der Waals surface area contributed by atoms with Crippen molar-refractivity contribution < 1.29 is 14.3 Å². The van der Waals surface area contributed by atoms with E-state index in [4.69, 9.17) is 16.3 Å². The number of hydrogen-bond acceptors (Lipinski definition) is 3. The molecule has 0 spiro atoms. The lowest BCUT2D eigenvalue weighted by Gasteiger charge is -2.19. The monoisotopic (exact) mass is 413 g/mol. The zero-order valence-corrected chi connectivity index (χ0v) is 18.3. The summed E-state index contributed by atoms with van der Waals surface area (Å²) in [5.74, 6) is -0.753. The second-order valence-electron chi connectivity index (χ2n) is 8.38. The molecule has 4 nitrogen and oxygen atoms in total. The summed E-state index contributed by atoms with van der Waals surface area (Å²) in [5, 5.41) is 3.28. The first-order valence-corrected chi connectivity index (χ1v) is 10.0. The van der Waals surface area contributed by atoms with E-state index in [2.05, 4.69) is 26.1 Å². The van der Waals surface area contributed by atoms with Gasteiger partial charge in [0.1, 0.15) is 5.70 Å². The molecule has 0 aromatic heterocycles. The Morgan fingerprint density at radius 1 is 1.03 bits per heavy atom. The molecule has 2 rings (SSSR count). The molecule has 2 aromatic rings. The van der Waals surface area contributed by atoms with Crippen LogP contribution in [-0.4, -0.2) is 18.5 Å². The topological polar surface area (TPSA) is 55.4 Å². The number of ether oxygens (including phenoxy) is 1. The number of benzene rings is 2. The summed E-state index contributed by atoms with van der Waals surface area (Å²) < 4.78 is 5.31. The van der Waals surface area contributed by atoms with Crippen molar-refractivity contribution in [3.8, 4) is 0 Å². The Kier molecular flexibility index (Phi) is 7.63. The summed E-state index contributed by atoms with van der Waals surface area (Å²) in [7, 11) is 0. The Morgan fingerprint density at radius 2 is 1.62 bits per heavy atom. The van der Waals surface area contributed by atoms with Gasteiger partial charge in [-0.15, -0.1) is 0 Å². The zero-order valence-electron chi connectivity index (χ0n) is 17.6. The molecule has 2 aromatic carbocycles. The fourth-order valence-electron chi connectivity index (χ4n) is 2.51. The first kappa shape index (κ1) is 22.7. The van der Waals surface area contributed by atoms with Gasteiger partial charge in [0.15, 0.2) is 0 Å². The number of esters is 1. The lowest BCUT2D eigenvalue weighted by Crippen LogP contribution is -2.29. The Morgan fingerprint density at radius 3 is 2.14 bits per heavy atom. The van der Waals surface area contributed by atoms with Crippen LogP contribution in [0.3, 0.4) is 0 Å². The van der Waals surface area contributed by atoms with Gasteiger partial charge < -0.3 is 10.1 Å². The molecule has 0 bridgehead atoms. The second kappa shape index (κ2) is 9.75. The first-order valence-electron chi connectivity index (χ1n) is 9.62. The van der Waals surface area contributed by atoms with Crippen molar-refractivity contribution in [1.29, 1.82) is 0 Å². The molecule has 0 atom stereocenters. The van der Waals surface area contributed by atoms with Crippen molar-refractivity contribution >= 4 is 29.6 Å². The molecule has 154 valence electrons. The quantitative estimate of drug-likeness (QED) is 0.494. The Hall–Kier alpha value is -2.59. The van der Waals surface area contributed by atoms with E-state index in [1.807, 2.05) is 26.0 Å². The van der Waals surface area contributed by atoms with Crippen LogP contribution in [0.4, 0.5) is 0 Å². The maximum atomic E-state index is 12.7. The molecule has 0 saturated carbocycles. The van der Waals surface area contributed by atoms with Crippen LogP contribution in [0.15, 0.2) is 54.2 Å². The number of carbonyl (C=O) groups is 2. The molecule has 1 amide bonds. The van der Waals surface area contributed by atoms with Crippen molar-refractivity contribution in [2.75, 3.05) is 6.61 Å². The van der Waals surface area contributed by atoms with Crippen LogP contribution >= 0.6 is 11.6 Å². The Balaban J connectivity index is 2.25. The normalized spacial score (nSPS) is 12.0. The maximum absolute atomic E-state index is 12.7. The van der Waals surface area contributed by atoms with Gasteiger partial charge in [0, 0.05) is 10.6 Å². The van der Waals surface area contributed by atoms with Gasteiger partial charge in [-0.1, -0.05) is 70.5 Å². The SMILES string of the molecule is CC(C)COC(=O)/C(=C/c1ccc(Cl)cc1)NC(=O)c1ccc(C(C)(C)C)cc1. The predicted molar refractivity (Wildman–Crippen MR) is 118 cm³/mol. The van der Waals surface area contributed by atoms with E-state index in [9.17, 15) is 9.59 Å². The molecule has 0 fully saturated rings. The number of amides is 1. The highest BCUT2D eigenvalue weighted by molar-refractivity contribution is 6.30. The molecule has 5 heteroatoms. The minimum Gasteiger partial charge on any atom is -0.461 e. The third-order valence-electron chi connectivity index (χ3n) is 4.21. The average Bonchev–Trinajstić information content (AvgIpc) is 2.66. The van der Waals surface area contributed by atoms with E-state index >= 15 is 0 Å². The van der Waals surface area contributed by atoms with E-state index in [0.717, 1.165) is 11.1 Å². The van der Waals surface area contributed by atoms with E-state index < -0.39 is 5.97 Å². The van der Waals surface area contributed by atoms with E-state index in [-0.39, 0.29) is 29.5 Å². The fourth-order valence-corrected chi connectivity index (χ4v) is 2.63. The van der Waals surface area contributed by atoms with Gasteiger partial charge in [-0.3, -0.25) is 4.79 Å². The molecule has 0 radical (unpaired) electrons. The van der Waals surface area contributed by atoms with Crippen LogP contribution in [0.1, 0.15) is 56.1 Å². The molecule has 1 N–H and O–H groups in total. The molecule has 0 aliphatic rings. The molecule has 0 aliphatic heterocycles. The summed E-state index contributed by atoms with van der Waals surface area (Å²) in [5.41, 5.74) is 2.40. The molecule has 0 heterocycles. The van der Waals surface area contributed by atoms with Gasteiger partial charge in [0.05, 0.1) is 6.61 Å². The van der Waals surface area contributed by atoms with Gasteiger partial charge in [0.25, 0.3) is 5.91 Å². The van der Waals surface area contributed by atoms with Crippen molar-refractivity contribution in [2.24, 2.45) is 5.92 Å². The maximum Gasteiger partial charge on any atom is 0.354 e. The van der Waals surface area contributed by atoms with Crippen LogP contribution in [0, 0.1) is 5.92 Å². The lowest BCUT2D eigenvalue weighted by molar-refractivity contribution is -0.140. The number of carbonyl (C=O) groups excluding carboxylic acids is 2. The molecule has 29 heavy (non-hydrogen) atoms. The fraction of sp³-hybridized carbons (Fsp3) is 0.333. The largest absolute Gasteiger partial charge is 0.461 e. The van der Waals surface area contributed by atoms with Gasteiger partial charge >= 0.3 is 5.97 Å². The smallest absolute Gasteiger partial charge is 0.354 e. The third-order valence-corrected chi connectivity index (χ3v) is 4.46. The van der Waals surface area contributed by atoms with Crippen LogP contribution in [0.5, 0.6) is 0 Å². The summed E-state index contributed by atoms with van der Waals surface area (Å²) in [6.45, 7) is 10.5. The number of rotatable bonds is 6. The number of hydrogen-bond donors (Lipinski definition) is 1. The standard InChI is InChI=1S/C24H28ClNO3/c1-16(2)15-29-23(28)21(14-17-6-12-20(25)13-7-17)26-22(27)18-8-10-19(11-9-18)24(3,4)5/h6-14,16H,15H2,1-5H3,(H,26,27)/b21-14-. The van der Waals surface area contributed by atoms with Crippen molar-refractivity contribution in [3.63, 3.8) is 0 Å². The van der Waals surface area contributed by atoms with E-state index in [1.54, 1.807) is 42.5 Å². The Bertz CT molecular complexity index is 876. The van der Waals surface area contributed by atoms with Crippen molar-refractivity contribution in [2.45, 2.75) is 40.0 Å². The highest BCUT2D eigenvalue weighted by Gasteiger charge is 2.18. The van der Waals surface area contributed by atoms with E-state index in [1.165, 1.54) is 0 Å². The first-order chi connectivity index (χ1) is 13.6. The van der Waals surface area contributed by atoms with Crippen molar-refractivity contribution in [3.05, 3.63) is 75.9 Å². The average molecular weight is 414 g/mol. The second-order valence-corrected chi connectivity index (χ2v) is 8.82. The van der Waals surface area contributed by atoms with Gasteiger partial charge in [-0.05, 0) is 52.8 Å². The van der Waals surface area contributed by atoms with Crippen LogP contribution in [-0.2, 0) is 14.9 Å². The zero-order chi connectivity index (χ0) is 21.6. The summed E-state index contributed by atoms with van der Waals surface area (Å²) in [6.07, 6.45) is 1.58. The van der Waals surface area contributed by atoms with Crippen LogP contribution < -0.4 is 5.32 Å². The highest BCUT2D eigenvalue weighted by atomic mass is 35.5.